The van der Waals surface area contributed by atoms with Gasteiger partial charge in [0.25, 0.3) is 5.89 Å². The number of imidazole rings is 1. The Morgan fingerprint density at radius 1 is 1.22 bits per heavy atom. The van der Waals surface area contributed by atoms with Crippen molar-refractivity contribution < 1.29 is 9.26 Å². The van der Waals surface area contributed by atoms with Crippen LogP contribution in [0.5, 0.6) is 0 Å². The molecule has 1 aliphatic rings. The molecule has 0 bridgehead atoms. The molecule has 0 aliphatic carbocycles. The van der Waals surface area contributed by atoms with E-state index in [4.69, 9.17) is 9.26 Å². The maximum Gasteiger partial charge on any atom is 0.278 e. The first-order valence-corrected chi connectivity index (χ1v) is 7.77. The molecule has 0 fully saturated rings. The monoisotopic (exact) mass is 310 g/mol. The maximum atomic E-state index is 6.01. The highest BCUT2D eigenvalue weighted by Gasteiger charge is 2.26. The first kappa shape index (κ1) is 14.1. The van der Waals surface area contributed by atoms with Crippen LogP contribution >= 0.6 is 0 Å². The number of hydrogen-bond donors (Lipinski definition) is 0. The minimum Gasteiger partial charge on any atom is -0.365 e. The summed E-state index contributed by atoms with van der Waals surface area (Å²) in [5.74, 6) is 1.38. The molecule has 1 atom stereocenters. The fraction of sp³-hybridized carbons (Fsp3) is 0.353. The molecule has 23 heavy (non-hydrogen) atoms. The number of nitrogens with zero attached hydrogens (tertiary/aromatic N) is 4. The molecule has 118 valence electrons. The quantitative estimate of drug-likeness (QED) is 0.742. The molecule has 0 N–H and O–H groups in total. The first-order chi connectivity index (χ1) is 11.2. The van der Waals surface area contributed by atoms with Crippen molar-refractivity contribution >= 4 is 0 Å². The summed E-state index contributed by atoms with van der Waals surface area (Å²) in [4.78, 5) is 8.88. The van der Waals surface area contributed by atoms with Gasteiger partial charge in [-0.25, -0.2) is 4.98 Å². The molecular formula is C17H18N4O2. The molecule has 0 saturated heterocycles. The Morgan fingerprint density at radius 3 is 2.78 bits per heavy atom. The van der Waals surface area contributed by atoms with Crippen molar-refractivity contribution in [3.05, 3.63) is 53.7 Å². The largest absolute Gasteiger partial charge is 0.365 e. The highest BCUT2D eigenvalue weighted by molar-refractivity contribution is 5.51. The Kier molecular flexibility index (Phi) is 3.46. The molecule has 4 rings (SSSR count). The summed E-state index contributed by atoms with van der Waals surface area (Å²) >= 11 is 0. The lowest BCUT2D eigenvalue weighted by molar-refractivity contribution is 0.00330. The highest BCUT2D eigenvalue weighted by Crippen LogP contribution is 2.31. The SMILES string of the molecule is CC(C)c1noc(-c2ncn3c2COC(c2ccccc2)C3)n1. The van der Waals surface area contributed by atoms with E-state index < -0.39 is 0 Å². The van der Waals surface area contributed by atoms with Crippen molar-refractivity contribution in [1.82, 2.24) is 19.7 Å². The topological polar surface area (TPSA) is 66.0 Å². The third-order valence-corrected chi connectivity index (χ3v) is 4.06. The van der Waals surface area contributed by atoms with Gasteiger partial charge in [0.15, 0.2) is 11.5 Å². The zero-order chi connectivity index (χ0) is 15.8. The molecule has 1 aromatic carbocycles. The van der Waals surface area contributed by atoms with E-state index in [0.717, 1.165) is 17.9 Å². The smallest absolute Gasteiger partial charge is 0.278 e. The van der Waals surface area contributed by atoms with Crippen LogP contribution in [-0.2, 0) is 17.9 Å². The van der Waals surface area contributed by atoms with E-state index in [1.165, 1.54) is 5.56 Å². The van der Waals surface area contributed by atoms with E-state index in [9.17, 15) is 0 Å². The lowest BCUT2D eigenvalue weighted by Gasteiger charge is -2.25. The van der Waals surface area contributed by atoms with E-state index in [1.807, 2.05) is 38.4 Å². The third kappa shape index (κ3) is 2.55. The third-order valence-electron chi connectivity index (χ3n) is 4.06. The van der Waals surface area contributed by atoms with Crippen molar-refractivity contribution in [3.8, 4) is 11.6 Å². The lowest BCUT2D eigenvalue weighted by Crippen LogP contribution is -2.20. The van der Waals surface area contributed by atoms with Crippen LogP contribution < -0.4 is 0 Å². The van der Waals surface area contributed by atoms with Gasteiger partial charge in [0.1, 0.15) is 6.10 Å². The van der Waals surface area contributed by atoms with Gasteiger partial charge in [0.05, 0.1) is 25.2 Å². The van der Waals surface area contributed by atoms with Crippen LogP contribution in [0.1, 0.15) is 43.0 Å². The summed E-state index contributed by atoms with van der Waals surface area (Å²) in [6, 6.07) is 10.2. The van der Waals surface area contributed by atoms with Gasteiger partial charge < -0.3 is 13.8 Å². The van der Waals surface area contributed by atoms with Crippen molar-refractivity contribution in [2.75, 3.05) is 0 Å². The Hall–Kier alpha value is -2.47. The van der Waals surface area contributed by atoms with Gasteiger partial charge in [0.2, 0.25) is 0 Å². The highest BCUT2D eigenvalue weighted by atomic mass is 16.5. The fourth-order valence-corrected chi connectivity index (χ4v) is 2.74. The number of rotatable bonds is 3. The maximum absolute atomic E-state index is 6.01. The summed E-state index contributed by atoms with van der Waals surface area (Å²) in [6.45, 7) is 5.28. The molecular weight excluding hydrogens is 292 g/mol. The van der Waals surface area contributed by atoms with Gasteiger partial charge in [0, 0.05) is 5.92 Å². The predicted octanol–water partition coefficient (Wildman–Crippen LogP) is 3.33. The minimum absolute atomic E-state index is 0.0414. The van der Waals surface area contributed by atoms with Crippen LogP contribution in [0.2, 0.25) is 0 Å². The van der Waals surface area contributed by atoms with Crippen LogP contribution in [0.25, 0.3) is 11.6 Å². The number of fused-ring (bicyclic) bond motifs is 1. The Bertz CT molecular complexity index is 807. The van der Waals surface area contributed by atoms with E-state index >= 15 is 0 Å². The van der Waals surface area contributed by atoms with Crippen LogP contribution in [0.15, 0.2) is 41.2 Å². The molecule has 1 aliphatic heterocycles. The fourth-order valence-electron chi connectivity index (χ4n) is 2.74. The Balaban J connectivity index is 1.62. The Morgan fingerprint density at radius 2 is 2.04 bits per heavy atom. The van der Waals surface area contributed by atoms with Crippen molar-refractivity contribution in [2.24, 2.45) is 0 Å². The number of hydrogen-bond acceptors (Lipinski definition) is 5. The summed E-state index contributed by atoms with van der Waals surface area (Å²) < 4.78 is 13.5. The number of ether oxygens (including phenoxy) is 1. The van der Waals surface area contributed by atoms with Crippen molar-refractivity contribution in [3.63, 3.8) is 0 Å². The van der Waals surface area contributed by atoms with Crippen LogP contribution in [0, 0.1) is 0 Å². The molecule has 0 saturated carbocycles. The van der Waals surface area contributed by atoms with Gasteiger partial charge in [-0.15, -0.1) is 0 Å². The van der Waals surface area contributed by atoms with Gasteiger partial charge in [-0.2, -0.15) is 4.98 Å². The zero-order valence-corrected chi connectivity index (χ0v) is 13.1. The van der Waals surface area contributed by atoms with E-state index in [0.29, 0.717) is 18.3 Å². The standard InChI is InChI=1S/C17H18N4O2/c1-11(2)16-19-17(23-20-16)15-13-9-22-14(8-21(13)10-18-15)12-6-4-3-5-7-12/h3-7,10-11,14H,8-9H2,1-2H3. The molecule has 6 heteroatoms. The second kappa shape index (κ2) is 5.62. The molecule has 3 aromatic rings. The summed E-state index contributed by atoms with van der Waals surface area (Å²) in [5.41, 5.74) is 2.88. The zero-order valence-electron chi connectivity index (χ0n) is 13.1. The normalized spacial score (nSPS) is 17.4. The van der Waals surface area contributed by atoms with Gasteiger partial charge in [-0.05, 0) is 5.56 Å². The van der Waals surface area contributed by atoms with Crippen molar-refractivity contribution in [1.29, 1.82) is 0 Å². The average molecular weight is 310 g/mol. The predicted molar refractivity (Wildman–Crippen MR) is 83.6 cm³/mol. The molecule has 6 nitrogen and oxygen atoms in total. The van der Waals surface area contributed by atoms with Crippen molar-refractivity contribution in [2.45, 2.75) is 39.0 Å². The first-order valence-electron chi connectivity index (χ1n) is 7.77. The van der Waals surface area contributed by atoms with E-state index in [1.54, 1.807) is 0 Å². The lowest BCUT2D eigenvalue weighted by atomic mass is 10.1. The van der Waals surface area contributed by atoms with Crippen LogP contribution in [-0.4, -0.2) is 19.7 Å². The van der Waals surface area contributed by atoms with Gasteiger partial charge >= 0.3 is 0 Å². The molecule has 3 heterocycles. The molecule has 1 unspecified atom stereocenters. The van der Waals surface area contributed by atoms with E-state index in [2.05, 4.69) is 31.8 Å². The second-order valence-electron chi connectivity index (χ2n) is 6.01. The molecule has 2 aromatic heterocycles. The molecule has 0 amide bonds. The van der Waals surface area contributed by atoms with Gasteiger partial charge in [-0.3, -0.25) is 0 Å². The number of aromatic nitrogens is 4. The summed E-state index contributed by atoms with van der Waals surface area (Å²) in [5, 5.41) is 4.01. The van der Waals surface area contributed by atoms with Crippen LogP contribution in [0.4, 0.5) is 0 Å². The second-order valence-corrected chi connectivity index (χ2v) is 6.01. The van der Waals surface area contributed by atoms with E-state index in [-0.39, 0.29) is 12.0 Å². The number of benzene rings is 1. The Labute approximate surface area is 134 Å². The molecule has 0 spiro atoms. The summed E-state index contributed by atoms with van der Waals surface area (Å²) in [7, 11) is 0. The van der Waals surface area contributed by atoms with Gasteiger partial charge in [-0.1, -0.05) is 49.3 Å². The molecule has 0 radical (unpaired) electrons. The summed E-state index contributed by atoms with van der Waals surface area (Å²) in [6.07, 6.45) is 1.86. The minimum atomic E-state index is 0.0414. The average Bonchev–Trinajstić information content (AvgIpc) is 3.21. The van der Waals surface area contributed by atoms with Crippen LogP contribution in [0.3, 0.4) is 0 Å².